The molecule has 8 rings (SSSR count). The summed E-state index contributed by atoms with van der Waals surface area (Å²) in [7, 11) is 2.85. The van der Waals surface area contributed by atoms with Gasteiger partial charge in [-0.25, -0.2) is 19.2 Å². The molecule has 80 heavy (non-hydrogen) atoms. The van der Waals surface area contributed by atoms with E-state index in [0.717, 1.165) is 24.3 Å². The number of amides is 3. The predicted octanol–water partition coefficient (Wildman–Crippen LogP) is 6.08. The van der Waals surface area contributed by atoms with Gasteiger partial charge in [-0.1, -0.05) is 111 Å². The molecular formula is C60H67N3O17. The molecule has 4 aliphatic rings. The molecule has 3 aliphatic carbocycles. The maximum atomic E-state index is 15.8. The average molecular weight is 1100 g/mol. The van der Waals surface area contributed by atoms with Crippen LogP contribution in [0.25, 0.3) is 0 Å². The first-order valence-corrected chi connectivity index (χ1v) is 26.3. The predicted molar refractivity (Wildman–Crippen MR) is 284 cm³/mol. The van der Waals surface area contributed by atoms with Gasteiger partial charge in [-0.15, -0.1) is 0 Å². The van der Waals surface area contributed by atoms with Crippen molar-refractivity contribution in [3.05, 3.63) is 155 Å². The Bertz CT molecular complexity index is 3010. The van der Waals surface area contributed by atoms with Crippen LogP contribution in [0.5, 0.6) is 0 Å². The zero-order valence-corrected chi connectivity index (χ0v) is 45.8. The molecule has 20 nitrogen and oxygen atoms in total. The van der Waals surface area contributed by atoms with Crippen molar-refractivity contribution in [2.24, 2.45) is 16.7 Å². The van der Waals surface area contributed by atoms with E-state index in [9.17, 15) is 39.0 Å². The quantitative estimate of drug-likeness (QED) is 0.0652. The molecule has 4 aromatic carbocycles. The Morgan fingerprint density at radius 1 is 0.750 bits per heavy atom. The van der Waals surface area contributed by atoms with Crippen molar-refractivity contribution in [3.8, 4) is 0 Å². The number of Topliss-reactive ketones (excluding diaryl/α,β-unsaturated/α-hetero) is 1. The highest BCUT2D eigenvalue weighted by molar-refractivity contribution is 5.96. The molecule has 424 valence electrons. The molecule has 1 aliphatic heterocycles. The van der Waals surface area contributed by atoms with Gasteiger partial charge in [0.2, 0.25) is 6.10 Å². The molecule has 3 N–H and O–H groups in total. The highest BCUT2D eigenvalue weighted by Gasteiger charge is 2.78. The number of aliphatic hydroxyl groups excluding tert-OH is 1. The van der Waals surface area contributed by atoms with Crippen LogP contribution in [0.4, 0.5) is 9.59 Å². The summed E-state index contributed by atoms with van der Waals surface area (Å²) in [6, 6.07) is 31.5. The number of ether oxygens (including phenoxy) is 7. The number of rotatable bonds is 16. The third-order valence-electron chi connectivity index (χ3n) is 16.3. The Labute approximate surface area is 463 Å². The van der Waals surface area contributed by atoms with Gasteiger partial charge in [0.1, 0.15) is 36.6 Å². The number of nitrogens with zero attached hydrogens (tertiary/aromatic N) is 2. The number of hydrogen-bond donors (Lipinski definition) is 3. The fraction of sp³-hybridized carbons (Fsp3) is 0.433. The van der Waals surface area contributed by atoms with Crippen molar-refractivity contribution in [2.45, 2.75) is 115 Å². The maximum Gasteiger partial charge on any atom is 0.410 e. The van der Waals surface area contributed by atoms with Crippen LogP contribution in [0.3, 0.4) is 0 Å². The van der Waals surface area contributed by atoms with E-state index in [4.69, 9.17) is 33.2 Å². The lowest BCUT2D eigenvalue weighted by atomic mass is 9.44. The molecule has 0 aromatic heterocycles. The van der Waals surface area contributed by atoms with Crippen molar-refractivity contribution in [3.63, 3.8) is 0 Å². The number of carbonyl (C=O) groups excluding carboxylic acids is 8. The van der Waals surface area contributed by atoms with Gasteiger partial charge in [-0.2, -0.15) is 0 Å². The summed E-state index contributed by atoms with van der Waals surface area (Å²) in [6.45, 7) is 7.62. The van der Waals surface area contributed by atoms with E-state index in [-0.39, 0.29) is 60.6 Å². The monoisotopic (exact) mass is 1100 g/mol. The molecule has 0 radical (unpaired) electrons. The smallest absolute Gasteiger partial charge is 0.410 e. The SMILES string of the molecule is CC(=O)O[C@H]1C(=O)[C@@]2(C)[C@H]([C@H](OC(=O)c3ccccc3)[C@]3(O)C[C@H](OC(=O)[C@H](OC(=O)N(C)CCN(C)C(=O)OCc4ccccc4)[C@@H](NC(=O)c4ccccc4)c4ccccc4)C(C)=C1C3(C)C)[C@]1(OC(C)=O)CO[C@@H]1C[C@@H]2O. The molecule has 3 amide bonds. The van der Waals surface area contributed by atoms with E-state index < -0.39 is 125 Å². The van der Waals surface area contributed by atoms with Crippen LogP contribution < -0.4 is 5.32 Å². The van der Waals surface area contributed by atoms with Crippen LogP contribution in [-0.4, -0.2) is 149 Å². The summed E-state index contributed by atoms with van der Waals surface area (Å²) >= 11 is 0. The lowest BCUT2D eigenvalue weighted by Crippen LogP contribution is -2.82. The number of ketones is 1. The lowest BCUT2D eigenvalue weighted by Gasteiger charge is -2.67. The summed E-state index contributed by atoms with van der Waals surface area (Å²) in [6.07, 6.45) is -12.9. The lowest BCUT2D eigenvalue weighted by molar-refractivity contribution is -0.346. The van der Waals surface area contributed by atoms with Crippen LogP contribution in [0.1, 0.15) is 92.3 Å². The molecule has 0 spiro atoms. The second-order valence-electron chi connectivity index (χ2n) is 21.6. The van der Waals surface area contributed by atoms with Crippen LogP contribution >= 0.6 is 0 Å². The first-order valence-electron chi connectivity index (χ1n) is 26.3. The zero-order chi connectivity index (χ0) is 57.9. The number of esters is 4. The standard InChI is InChI=1S/C60H67N3O17/c1-35-42(77-54(70)48(46(39-23-15-10-16-24-39)61-52(68)40-25-17-11-18-26-40)78-56(72)63(8)30-29-62(7)55(71)74-33-38-21-13-9-14-22-38)32-60(73)51(79-53(69)41-27-19-12-20-28-41)49-58(6,43(66)31-44-59(49,34-75-44)80-37(3)65)50(67)47(76-36(2)64)45(35)57(60,4)5/h9-28,42-44,46-49,51,66,73H,29-34H2,1-8H3,(H,61,68)/t42-,43-,44+,46-,47+,48+,49-,51-,58+,59-,60+/m0/s1. The maximum absolute atomic E-state index is 15.8. The number of nitrogens with one attached hydrogen (secondary N) is 1. The Morgan fingerprint density at radius 2 is 1.31 bits per heavy atom. The Kier molecular flexibility index (Phi) is 17.0. The summed E-state index contributed by atoms with van der Waals surface area (Å²) in [4.78, 5) is 116. The largest absolute Gasteiger partial charge is 0.455 e. The third-order valence-corrected chi connectivity index (χ3v) is 16.3. The molecule has 2 bridgehead atoms. The van der Waals surface area contributed by atoms with E-state index in [1.165, 1.54) is 71.0 Å². The molecule has 4 aromatic rings. The van der Waals surface area contributed by atoms with Crippen LogP contribution in [0, 0.1) is 16.7 Å². The van der Waals surface area contributed by atoms with Crippen molar-refractivity contribution in [1.82, 2.24) is 15.1 Å². The number of carbonyl (C=O) groups is 8. The van der Waals surface area contributed by atoms with E-state index in [1.54, 1.807) is 91.0 Å². The van der Waals surface area contributed by atoms with Gasteiger partial charge in [0.25, 0.3) is 5.91 Å². The molecule has 3 fully saturated rings. The van der Waals surface area contributed by atoms with Gasteiger partial charge in [0.15, 0.2) is 17.5 Å². The van der Waals surface area contributed by atoms with E-state index in [1.807, 2.05) is 6.07 Å². The van der Waals surface area contributed by atoms with Crippen molar-refractivity contribution < 1.29 is 81.7 Å². The first kappa shape index (κ1) is 58.2. The number of hydrogen-bond acceptors (Lipinski definition) is 17. The van der Waals surface area contributed by atoms with Crippen molar-refractivity contribution in [1.29, 1.82) is 0 Å². The van der Waals surface area contributed by atoms with E-state index in [0.29, 0.717) is 0 Å². The summed E-state index contributed by atoms with van der Waals surface area (Å²) in [5, 5.41) is 29.2. The molecule has 2 saturated carbocycles. The van der Waals surface area contributed by atoms with Gasteiger partial charge >= 0.3 is 36.1 Å². The number of likely N-dealkylation sites (N-methyl/N-ethyl adjacent to an activating group) is 2. The second kappa shape index (κ2) is 23.4. The topological polar surface area (TPSA) is 260 Å². The highest BCUT2D eigenvalue weighted by atomic mass is 16.6. The minimum absolute atomic E-state index is 0.00108. The molecule has 1 saturated heterocycles. The normalized spacial score (nSPS) is 27.1. The second-order valence-corrected chi connectivity index (χ2v) is 21.6. The zero-order valence-electron chi connectivity index (χ0n) is 45.8. The third kappa shape index (κ3) is 11.2. The van der Waals surface area contributed by atoms with Gasteiger partial charge in [0, 0.05) is 64.9 Å². The van der Waals surface area contributed by atoms with Crippen LogP contribution in [0.15, 0.2) is 132 Å². The minimum atomic E-state index is -2.51. The van der Waals surface area contributed by atoms with Crippen molar-refractivity contribution in [2.75, 3.05) is 33.8 Å². The molecule has 1 heterocycles. The molecule has 11 atom stereocenters. The highest BCUT2D eigenvalue weighted by Crippen LogP contribution is 2.64. The fourth-order valence-electron chi connectivity index (χ4n) is 11.8. The van der Waals surface area contributed by atoms with Crippen molar-refractivity contribution >= 4 is 47.8 Å². The van der Waals surface area contributed by atoms with E-state index in [2.05, 4.69) is 5.32 Å². The Morgan fingerprint density at radius 3 is 1.88 bits per heavy atom. The van der Waals surface area contributed by atoms with Gasteiger partial charge in [0.05, 0.1) is 29.6 Å². The first-order chi connectivity index (χ1) is 37.9. The number of benzene rings is 4. The molecular weight excluding hydrogens is 1030 g/mol. The molecule has 0 unspecified atom stereocenters. The van der Waals surface area contributed by atoms with Crippen LogP contribution in [-0.2, 0) is 58.9 Å². The summed E-state index contributed by atoms with van der Waals surface area (Å²) < 4.78 is 42.5. The summed E-state index contributed by atoms with van der Waals surface area (Å²) in [5.41, 5.74) is -6.95. The molecule has 20 heteroatoms. The summed E-state index contributed by atoms with van der Waals surface area (Å²) in [5.74, 6) is -7.22. The van der Waals surface area contributed by atoms with E-state index >= 15 is 9.59 Å². The Balaban J connectivity index is 1.22. The van der Waals surface area contributed by atoms with Crippen LogP contribution in [0.2, 0.25) is 0 Å². The van der Waals surface area contributed by atoms with Gasteiger partial charge < -0.3 is 58.5 Å². The Hall–Kier alpha value is -7.94. The van der Waals surface area contributed by atoms with Gasteiger partial charge in [-0.05, 0) is 60.4 Å². The average Bonchev–Trinajstić information content (AvgIpc) is 3.63. The minimum Gasteiger partial charge on any atom is -0.455 e. The number of fused-ring (bicyclic) bond motifs is 5. The fourth-order valence-corrected chi connectivity index (χ4v) is 11.8. The van der Waals surface area contributed by atoms with Gasteiger partial charge in [-0.3, -0.25) is 19.2 Å². The number of aliphatic hydroxyl groups is 2.